The molecule has 0 saturated carbocycles. The van der Waals surface area contributed by atoms with Crippen molar-refractivity contribution in [1.82, 2.24) is 4.98 Å². The van der Waals surface area contributed by atoms with Crippen LogP contribution < -0.4 is 10.6 Å². The lowest BCUT2D eigenvalue weighted by Crippen LogP contribution is -2.38. The number of nitrogens with two attached hydrogens (primary N) is 1. The highest BCUT2D eigenvalue weighted by Gasteiger charge is 2.18. The average molecular weight is 235 g/mol. The van der Waals surface area contributed by atoms with Gasteiger partial charge in [-0.2, -0.15) is 0 Å². The highest BCUT2D eigenvalue weighted by atomic mass is 16.2. The van der Waals surface area contributed by atoms with Crippen LogP contribution in [-0.2, 0) is 4.79 Å². The zero-order valence-electron chi connectivity index (χ0n) is 10.8. The van der Waals surface area contributed by atoms with Gasteiger partial charge < -0.3 is 10.6 Å². The topological polar surface area (TPSA) is 59.2 Å². The molecule has 0 spiro atoms. The standard InChI is InChI=1S/C13H21N3O/c1-4-16(11-5-7-15-8-6-11)13(17)9-12(14)10(2)3/h5-8,10,12H,4,9,14H2,1-3H3. The zero-order chi connectivity index (χ0) is 12.8. The molecule has 1 amide bonds. The van der Waals surface area contributed by atoms with E-state index in [1.807, 2.05) is 32.9 Å². The van der Waals surface area contributed by atoms with E-state index >= 15 is 0 Å². The van der Waals surface area contributed by atoms with Gasteiger partial charge in [-0.15, -0.1) is 0 Å². The van der Waals surface area contributed by atoms with Gasteiger partial charge in [0.15, 0.2) is 0 Å². The van der Waals surface area contributed by atoms with Crippen molar-refractivity contribution in [2.45, 2.75) is 33.2 Å². The maximum Gasteiger partial charge on any atom is 0.228 e. The fourth-order valence-electron chi connectivity index (χ4n) is 1.57. The molecule has 17 heavy (non-hydrogen) atoms. The molecule has 1 aromatic rings. The molecule has 4 nitrogen and oxygen atoms in total. The summed E-state index contributed by atoms with van der Waals surface area (Å²) in [5, 5.41) is 0. The van der Waals surface area contributed by atoms with Gasteiger partial charge >= 0.3 is 0 Å². The molecule has 1 rings (SSSR count). The van der Waals surface area contributed by atoms with Crippen molar-refractivity contribution in [1.29, 1.82) is 0 Å². The normalized spacial score (nSPS) is 12.5. The molecule has 0 aromatic carbocycles. The number of nitrogens with zero attached hydrogens (tertiary/aromatic N) is 2. The van der Waals surface area contributed by atoms with Crippen molar-refractivity contribution >= 4 is 11.6 Å². The molecule has 0 aliphatic carbocycles. The van der Waals surface area contributed by atoms with Gasteiger partial charge in [0.2, 0.25) is 5.91 Å². The molecule has 0 fully saturated rings. The summed E-state index contributed by atoms with van der Waals surface area (Å²) in [6, 6.07) is 3.59. The minimum atomic E-state index is -0.0848. The predicted molar refractivity (Wildman–Crippen MR) is 69.7 cm³/mol. The Labute approximate surface area is 103 Å². The second-order valence-electron chi connectivity index (χ2n) is 4.46. The Morgan fingerprint density at radius 2 is 2.00 bits per heavy atom. The van der Waals surface area contributed by atoms with Crippen LogP contribution in [0.25, 0.3) is 0 Å². The Bertz CT molecular complexity index is 351. The molecular weight excluding hydrogens is 214 g/mol. The van der Waals surface area contributed by atoms with E-state index in [9.17, 15) is 4.79 Å². The van der Waals surface area contributed by atoms with Gasteiger partial charge in [-0.05, 0) is 25.0 Å². The summed E-state index contributed by atoms with van der Waals surface area (Å²) in [6.45, 7) is 6.66. The first kappa shape index (κ1) is 13.6. The van der Waals surface area contributed by atoms with E-state index in [0.29, 0.717) is 18.9 Å². The molecular formula is C13H21N3O. The third-order valence-electron chi connectivity index (χ3n) is 2.86. The maximum absolute atomic E-state index is 12.1. The molecule has 1 aromatic heterocycles. The van der Waals surface area contributed by atoms with Crippen LogP contribution in [0.15, 0.2) is 24.5 Å². The van der Waals surface area contributed by atoms with Crippen LogP contribution in [0, 0.1) is 5.92 Å². The summed E-state index contributed by atoms with van der Waals surface area (Å²) in [7, 11) is 0. The van der Waals surface area contributed by atoms with E-state index in [2.05, 4.69) is 4.98 Å². The van der Waals surface area contributed by atoms with Crippen molar-refractivity contribution in [2.24, 2.45) is 11.7 Å². The lowest BCUT2D eigenvalue weighted by Gasteiger charge is -2.23. The van der Waals surface area contributed by atoms with Crippen LogP contribution in [0.3, 0.4) is 0 Å². The molecule has 2 N–H and O–H groups in total. The molecule has 0 saturated heterocycles. The monoisotopic (exact) mass is 235 g/mol. The highest BCUT2D eigenvalue weighted by Crippen LogP contribution is 2.14. The summed E-state index contributed by atoms with van der Waals surface area (Å²) in [6.07, 6.45) is 3.76. The molecule has 0 aliphatic heterocycles. The van der Waals surface area contributed by atoms with Crippen LogP contribution in [0.4, 0.5) is 5.69 Å². The molecule has 94 valence electrons. The fraction of sp³-hybridized carbons (Fsp3) is 0.538. The van der Waals surface area contributed by atoms with Gasteiger partial charge in [0.05, 0.1) is 0 Å². The van der Waals surface area contributed by atoms with E-state index in [4.69, 9.17) is 5.73 Å². The largest absolute Gasteiger partial charge is 0.327 e. The minimum Gasteiger partial charge on any atom is -0.327 e. The Morgan fingerprint density at radius 1 is 1.41 bits per heavy atom. The highest BCUT2D eigenvalue weighted by molar-refractivity contribution is 5.93. The first-order valence-electron chi connectivity index (χ1n) is 6.02. The smallest absolute Gasteiger partial charge is 0.228 e. The van der Waals surface area contributed by atoms with E-state index in [0.717, 1.165) is 5.69 Å². The Kier molecular flexibility index (Phi) is 5.10. The maximum atomic E-state index is 12.1. The third kappa shape index (κ3) is 3.82. The van der Waals surface area contributed by atoms with Gasteiger partial charge in [0.1, 0.15) is 0 Å². The van der Waals surface area contributed by atoms with Gasteiger partial charge in [-0.1, -0.05) is 13.8 Å². The van der Waals surface area contributed by atoms with Crippen LogP contribution in [0.2, 0.25) is 0 Å². The van der Waals surface area contributed by atoms with Gasteiger partial charge in [-0.25, -0.2) is 0 Å². The number of amides is 1. The quantitative estimate of drug-likeness (QED) is 0.846. The number of pyridine rings is 1. The third-order valence-corrected chi connectivity index (χ3v) is 2.86. The van der Waals surface area contributed by atoms with E-state index in [1.165, 1.54) is 0 Å². The van der Waals surface area contributed by atoms with E-state index in [-0.39, 0.29) is 11.9 Å². The number of aromatic nitrogens is 1. The van der Waals surface area contributed by atoms with Crippen molar-refractivity contribution in [3.8, 4) is 0 Å². The number of rotatable bonds is 5. The predicted octanol–water partition coefficient (Wildman–Crippen LogP) is 1.81. The molecule has 0 radical (unpaired) electrons. The van der Waals surface area contributed by atoms with E-state index < -0.39 is 0 Å². The first-order valence-corrected chi connectivity index (χ1v) is 6.02. The van der Waals surface area contributed by atoms with Crippen LogP contribution in [0.1, 0.15) is 27.2 Å². The molecule has 1 heterocycles. The summed E-state index contributed by atoms with van der Waals surface area (Å²) in [5.41, 5.74) is 6.81. The Hall–Kier alpha value is -1.42. The van der Waals surface area contributed by atoms with Crippen molar-refractivity contribution in [3.05, 3.63) is 24.5 Å². The minimum absolute atomic E-state index is 0.0694. The fourth-order valence-corrected chi connectivity index (χ4v) is 1.57. The van der Waals surface area contributed by atoms with Crippen LogP contribution in [0.5, 0.6) is 0 Å². The molecule has 0 aliphatic rings. The van der Waals surface area contributed by atoms with Gasteiger partial charge in [0, 0.05) is 37.1 Å². The Morgan fingerprint density at radius 3 is 2.47 bits per heavy atom. The summed E-state index contributed by atoms with van der Waals surface area (Å²) >= 11 is 0. The molecule has 0 bridgehead atoms. The van der Waals surface area contributed by atoms with Crippen molar-refractivity contribution < 1.29 is 4.79 Å². The number of carbonyl (C=O) groups is 1. The second kappa shape index (κ2) is 6.35. The first-order chi connectivity index (χ1) is 8.06. The number of hydrogen-bond donors (Lipinski definition) is 1. The molecule has 4 heteroatoms. The van der Waals surface area contributed by atoms with Gasteiger partial charge in [-0.3, -0.25) is 9.78 Å². The van der Waals surface area contributed by atoms with Crippen LogP contribution >= 0.6 is 0 Å². The average Bonchev–Trinajstić information content (AvgIpc) is 2.31. The second-order valence-corrected chi connectivity index (χ2v) is 4.46. The Balaban J connectivity index is 2.72. The van der Waals surface area contributed by atoms with Crippen molar-refractivity contribution in [3.63, 3.8) is 0 Å². The molecule has 1 atom stereocenters. The lowest BCUT2D eigenvalue weighted by atomic mass is 10.0. The number of carbonyl (C=O) groups excluding carboxylic acids is 1. The lowest BCUT2D eigenvalue weighted by molar-refractivity contribution is -0.119. The van der Waals surface area contributed by atoms with Gasteiger partial charge in [0.25, 0.3) is 0 Å². The SMILES string of the molecule is CCN(C(=O)CC(N)C(C)C)c1ccncc1. The van der Waals surface area contributed by atoms with E-state index in [1.54, 1.807) is 17.3 Å². The number of hydrogen-bond acceptors (Lipinski definition) is 3. The summed E-state index contributed by atoms with van der Waals surface area (Å²) in [4.78, 5) is 17.8. The zero-order valence-corrected chi connectivity index (χ0v) is 10.8. The summed E-state index contributed by atoms with van der Waals surface area (Å²) < 4.78 is 0. The number of anilines is 1. The summed E-state index contributed by atoms with van der Waals surface area (Å²) in [5.74, 6) is 0.384. The van der Waals surface area contributed by atoms with Crippen LogP contribution in [-0.4, -0.2) is 23.5 Å². The van der Waals surface area contributed by atoms with Crippen molar-refractivity contribution in [2.75, 3.05) is 11.4 Å². The molecule has 1 unspecified atom stereocenters.